The molecule has 0 saturated carbocycles. The van der Waals surface area contributed by atoms with Gasteiger partial charge < -0.3 is 14.1 Å². The SMILES string of the molecule is COc1ccccc1N(C(=O)c1ccco1)[C@@H]1CCN(CCc2nn[nH]n2)C[C@@H]1C. The lowest BCUT2D eigenvalue weighted by Gasteiger charge is -2.42. The molecule has 2 aromatic heterocycles. The second kappa shape index (κ2) is 9.08. The molecule has 3 aromatic rings. The molecule has 158 valence electrons. The molecule has 1 saturated heterocycles. The zero-order chi connectivity index (χ0) is 20.9. The second-order valence-electron chi connectivity index (χ2n) is 7.54. The molecule has 1 aliphatic heterocycles. The Balaban J connectivity index is 1.54. The number of carbonyl (C=O) groups is 1. The maximum absolute atomic E-state index is 13.4. The monoisotopic (exact) mass is 410 g/mol. The molecule has 1 amide bonds. The van der Waals surface area contributed by atoms with Gasteiger partial charge in [0.05, 0.1) is 19.1 Å². The van der Waals surface area contributed by atoms with E-state index in [-0.39, 0.29) is 17.9 Å². The number of aromatic nitrogens is 4. The van der Waals surface area contributed by atoms with E-state index in [1.165, 1.54) is 6.26 Å². The number of benzene rings is 1. The van der Waals surface area contributed by atoms with Gasteiger partial charge >= 0.3 is 0 Å². The van der Waals surface area contributed by atoms with Crippen LogP contribution in [0, 0.1) is 5.92 Å². The predicted octanol–water partition coefficient (Wildman–Crippen LogP) is 2.40. The van der Waals surface area contributed by atoms with Crippen LogP contribution in [0.1, 0.15) is 29.7 Å². The van der Waals surface area contributed by atoms with E-state index < -0.39 is 0 Å². The number of ether oxygens (including phenoxy) is 1. The molecule has 30 heavy (non-hydrogen) atoms. The molecule has 9 nitrogen and oxygen atoms in total. The van der Waals surface area contributed by atoms with Gasteiger partial charge in [-0.2, -0.15) is 5.21 Å². The van der Waals surface area contributed by atoms with Gasteiger partial charge in [0.1, 0.15) is 5.75 Å². The summed E-state index contributed by atoms with van der Waals surface area (Å²) in [7, 11) is 1.62. The average molecular weight is 410 g/mol. The van der Waals surface area contributed by atoms with Crippen molar-refractivity contribution < 1.29 is 13.9 Å². The third-order valence-corrected chi connectivity index (χ3v) is 5.61. The number of para-hydroxylation sites is 2. The minimum atomic E-state index is -0.151. The Bertz CT molecular complexity index is 944. The highest BCUT2D eigenvalue weighted by Crippen LogP contribution is 2.35. The van der Waals surface area contributed by atoms with E-state index >= 15 is 0 Å². The molecule has 0 bridgehead atoms. The molecule has 0 spiro atoms. The summed E-state index contributed by atoms with van der Waals surface area (Å²) >= 11 is 0. The lowest BCUT2D eigenvalue weighted by atomic mass is 9.91. The molecular weight excluding hydrogens is 384 g/mol. The number of carbonyl (C=O) groups excluding carboxylic acids is 1. The number of aromatic amines is 1. The van der Waals surface area contributed by atoms with E-state index in [0.29, 0.717) is 17.3 Å². The first-order valence-corrected chi connectivity index (χ1v) is 10.1. The van der Waals surface area contributed by atoms with Crippen LogP contribution in [0.4, 0.5) is 5.69 Å². The van der Waals surface area contributed by atoms with E-state index in [9.17, 15) is 4.79 Å². The fraction of sp³-hybridized carbons (Fsp3) is 0.429. The average Bonchev–Trinajstić information content (AvgIpc) is 3.48. The molecule has 9 heteroatoms. The predicted molar refractivity (Wildman–Crippen MR) is 110 cm³/mol. The number of tetrazole rings is 1. The summed E-state index contributed by atoms with van der Waals surface area (Å²) in [5.41, 5.74) is 0.762. The number of likely N-dealkylation sites (tertiary alicyclic amines) is 1. The number of hydrogen-bond acceptors (Lipinski definition) is 7. The lowest BCUT2D eigenvalue weighted by Crippen LogP contribution is -2.52. The highest BCUT2D eigenvalue weighted by atomic mass is 16.5. The number of furan rings is 1. The Morgan fingerprint density at radius 2 is 2.20 bits per heavy atom. The quantitative estimate of drug-likeness (QED) is 0.638. The van der Waals surface area contributed by atoms with Crippen molar-refractivity contribution in [1.29, 1.82) is 0 Å². The number of nitrogens with one attached hydrogen (secondary N) is 1. The summed E-state index contributed by atoms with van der Waals surface area (Å²) < 4.78 is 11.0. The van der Waals surface area contributed by atoms with Crippen LogP contribution in [-0.2, 0) is 6.42 Å². The van der Waals surface area contributed by atoms with Crippen LogP contribution in [0.5, 0.6) is 5.75 Å². The third kappa shape index (κ3) is 4.20. The van der Waals surface area contributed by atoms with Crippen molar-refractivity contribution in [3.05, 3.63) is 54.2 Å². The zero-order valence-electron chi connectivity index (χ0n) is 17.2. The Kier molecular flexibility index (Phi) is 6.08. The van der Waals surface area contributed by atoms with Gasteiger partial charge in [-0.1, -0.05) is 24.3 Å². The van der Waals surface area contributed by atoms with Gasteiger partial charge in [-0.3, -0.25) is 9.69 Å². The maximum Gasteiger partial charge on any atom is 0.294 e. The Hall–Kier alpha value is -3.20. The normalized spacial score (nSPS) is 19.5. The van der Waals surface area contributed by atoms with Gasteiger partial charge in [-0.25, -0.2) is 0 Å². The summed E-state index contributed by atoms with van der Waals surface area (Å²) in [6.07, 6.45) is 3.12. The van der Waals surface area contributed by atoms with Crippen LogP contribution < -0.4 is 9.64 Å². The lowest BCUT2D eigenvalue weighted by molar-refractivity contribution is 0.0905. The molecule has 0 aliphatic carbocycles. The Morgan fingerprint density at radius 3 is 2.90 bits per heavy atom. The molecule has 1 aromatic carbocycles. The largest absolute Gasteiger partial charge is 0.495 e. The van der Waals surface area contributed by atoms with Gasteiger partial charge in [0, 0.05) is 32.1 Å². The van der Waals surface area contributed by atoms with Crippen molar-refractivity contribution in [2.24, 2.45) is 5.92 Å². The minimum absolute atomic E-state index is 0.0281. The van der Waals surface area contributed by atoms with Gasteiger partial charge in [0.25, 0.3) is 5.91 Å². The Morgan fingerprint density at radius 1 is 1.33 bits per heavy atom. The number of nitrogens with zero attached hydrogens (tertiary/aromatic N) is 5. The van der Waals surface area contributed by atoms with E-state index in [1.807, 2.05) is 29.2 Å². The van der Waals surface area contributed by atoms with Crippen molar-refractivity contribution in [2.45, 2.75) is 25.8 Å². The first-order chi connectivity index (χ1) is 14.7. The number of piperidine rings is 1. The first kappa shape index (κ1) is 20.1. The molecule has 1 fully saturated rings. The van der Waals surface area contributed by atoms with E-state index in [1.54, 1.807) is 19.2 Å². The molecule has 0 unspecified atom stereocenters. The third-order valence-electron chi connectivity index (χ3n) is 5.61. The fourth-order valence-electron chi connectivity index (χ4n) is 4.14. The highest BCUT2D eigenvalue weighted by molar-refractivity contribution is 6.05. The van der Waals surface area contributed by atoms with Crippen LogP contribution in [0.2, 0.25) is 0 Å². The smallest absolute Gasteiger partial charge is 0.294 e. The second-order valence-corrected chi connectivity index (χ2v) is 7.54. The fourth-order valence-corrected chi connectivity index (χ4v) is 4.14. The van der Waals surface area contributed by atoms with Gasteiger partial charge in [0.2, 0.25) is 0 Å². The maximum atomic E-state index is 13.4. The summed E-state index contributed by atoms with van der Waals surface area (Å²) in [5.74, 6) is 1.82. The summed E-state index contributed by atoms with van der Waals surface area (Å²) in [4.78, 5) is 17.6. The number of rotatable bonds is 7. The molecule has 3 heterocycles. The Labute approximate surface area is 175 Å². The topological polar surface area (TPSA) is 100 Å². The van der Waals surface area contributed by atoms with Crippen LogP contribution in [0.3, 0.4) is 0 Å². The van der Waals surface area contributed by atoms with E-state index in [0.717, 1.165) is 38.2 Å². The highest BCUT2D eigenvalue weighted by Gasteiger charge is 2.36. The van der Waals surface area contributed by atoms with Crippen molar-refractivity contribution in [3.63, 3.8) is 0 Å². The standard InChI is InChI=1S/C21H26N6O3/c1-15-14-26(12-10-20-22-24-25-23-20)11-9-16(15)27(21(28)19-8-5-13-30-19)17-6-3-4-7-18(17)29-2/h3-8,13,15-16H,9-12,14H2,1-2H3,(H,22,23,24,25)/t15-,16+/m0/s1. The number of hydrogen-bond donors (Lipinski definition) is 1. The number of amides is 1. The van der Waals surface area contributed by atoms with Crippen molar-refractivity contribution in [1.82, 2.24) is 25.5 Å². The van der Waals surface area contributed by atoms with Crippen molar-refractivity contribution >= 4 is 11.6 Å². The number of anilines is 1. The molecular formula is C21H26N6O3. The van der Waals surface area contributed by atoms with Crippen LogP contribution in [0.25, 0.3) is 0 Å². The zero-order valence-corrected chi connectivity index (χ0v) is 17.2. The van der Waals surface area contributed by atoms with E-state index in [2.05, 4.69) is 32.4 Å². The van der Waals surface area contributed by atoms with Gasteiger partial charge in [-0.05, 0) is 36.6 Å². The van der Waals surface area contributed by atoms with E-state index in [4.69, 9.17) is 9.15 Å². The number of methoxy groups -OCH3 is 1. The van der Waals surface area contributed by atoms with Crippen molar-refractivity contribution in [2.75, 3.05) is 31.6 Å². The molecule has 4 rings (SSSR count). The molecule has 0 radical (unpaired) electrons. The van der Waals surface area contributed by atoms with Crippen LogP contribution in [0.15, 0.2) is 47.1 Å². The summed E-state index contributed by atoms with van der Waals surface area (Å²) in [6, 6.07) is 11.1. The van der Waals surface area contributed by atoms with Crippen LogP contribution >= 0.6 is 0 Å². The van der Waals surface area contributed by atoms with Crippen molar-refractivity contribution in [3.8, 4) is 5.75 Å². The summed E-state index contributed by atoms with van der Waals surface area (Å²) in [6.45, 7) is 4.80. The molecule has 1 N–H and O–H groups in total. The molecule has 1 aliphatic rings. The molecule has 2 atom stereocenters. The first-order valence-electron chi connectivity index (χ1n) is 10.1. The van der Waals surface area contributed by atoms with Gasteiger partial charge in [-0.15, -0.1) is 10.2 Å². The summed E-state index contributed by atoms with van der Waals surface area (Å²) in [5, 5.41) is 14.1. The number of H-pyrrole nitrogens is 1. The van der Waals surface area contributed by atoms with Crippen LogP contribution in [-0.4, -0.2) is 64.2 Å². The minimum Gasteiger partial charge on any atom is -0.495 e. The van der Waals surface area contributed by atoms with Gasteiger partial charge in [0.15, 0.2) is 11.6 Å².